The molecule has 0 spiro atoms. The van der Waals surface area contributed by atoms with Gasteiger partial charge in [0.1, 0.15) is 5.52 Å². The minimum atomic E-state index is 0.348. The van der Waals surface area contributed by atoms with Crippen molar-refractivity contribution >= 4 is 17.1 Å². The number of nitrogen functional groups attached to an aromatic ring is 1. The predicted octanol–water partition coefficient (Wildman–Crippen LogP) is 2.99. The van der Waals surface area contributed by atoms with Crippen LogP contribution in [0.25, 0.3) is 11.2 Å². The lowest BCUT2D eigenvalue weighted by Crippen LogP contribution is -2.10. The first-order valence-corrected chi connectivity index (χ1v) is 7.89. The first kappa shape index (κ1) is 14.4. The third-order valence-electron chi connectivity index (χ3n) is 5.99. The molecule has 0 amide bonds. The summed E-state index contributed by atoms with van der Waals surface area (Å²) in [5.41, 5.74) is 10.0. The van der Waals surface area contributed by atoms with Crippen LogP contribution in [-0.2, 0) is 20.0 Å². The van der Waals surface area contributed by atoms with Gasteiger partial charge in [-0.25, -0.2) is 4.98 Å². The number of nitrogens with zero attached hydrogens (tertiary/aromatic N) is 4. The maximum Gasteiger partial charge on any atom is 0.202 e. The van der Waals surface area contributed by atoms with E-state index in [1.807, 2.05) is 11.7 Å². The molecule has 0 radical (unpaired) electrons. The average Bonchev–Trinajstić information content (AvgIpc) is 2.71. The molecule has 3 rings (SSSR count). The van der Waals surface area contributed by atoms with Crippen LogP contribution in [0.4, 0.5) is 5.95 Å². The van der Waals surface area contributed by atoms with Crippen LogP contribution >= 0.6 is 0 Å². The first-order chi connectivity index (χ1) is 9.71. The van der Waals surface area contributed by atoms with Crippen molar-refractivity contribution in [1.82, 2.24) is 19.3 Å². The van der Waals surface area contributed by atoms with E-state index < -0.39 is 0 Å². The van der Waals surface area contributed by atoms with Gasteiger partial charge >= 0.3 is 0 Å². The molecule has 0 aliphatic heterocycles. The smallest absolute Gasteiger partial charge is 0.202 e. The van der Waals surface area contributed by atoms with E-state index in [4.69, 9.17) is 5.73 Å². The van der Waals surface area contributed by atoms with Crippen molar-refractivity contribution in [3.8, 4) is 0 Å². The van der Waals surface area contributed by atoms with Gasteiger partial charge in [0.05, 0.1) is 5.69 Å². The van der Waals surface area contributed by atoms with Crippen molar-refractivity contribution < 1.29 is 0 Å². The molecule has 1 fully saturated rings. The quantitative estimate of drug-likeness (QED) is 0.941. The van der Waals surface area contributed by atoms with Crippen LogP contribution in [0.5, 0.6) is 0 Å². The predicted molar refractivity (Wildman–Crippen MR) is 86.0 cm³/mol. The Balaban J connectivity index is 2.02. The number of nitrogens with two attached hydrogens (primary N) is 1. The van der Waals surface area contributed by atoms with Crippen molar-refractivity contribution in [1.29, 1.82) is 0 Å². The number of fused-ring (bicyclic) bond motifs is 1. The van der Waals surface area contributed by atoms with Gasteiger partial charge in [0, 0.05) is 13.6 Å². The van der Waals surface area contributed by atoms with E-state index in [0.29, 0.717) is 22.7 Å². The zero-order chi connectivity index (χ0) is 15.6. The molecule has 0 atom stereocenters. The Morgan fingerprint density at radius 1 is 1.19 bits per heavy atom. The van der Waals surface area contributed by atoms with E-state index in [9.17, 15) is 0 Å². The van der Waals surface area contributed by atoms with Gasteiger partial charge in [-0.2, -0.15) is 5.10 Å². The number of imidazole rings is 1. The Hall–Kier alpha value is -1.52. The number of rotatable bonds is 4. The fraction of sp³-hybridized carbons (Fsp3) is 0.750. The van der Waals surface area contributed by atoms with E-state index in [0.717, 1.165) is 36.2 Å². The van der Waals surface area contributed by atoms with Crippen LogP contribution < -0.4 is 5.73 Å². The molecule has 5 nitrogen and oxygen atoms in total. The van der Waals surface area contributed by atoms with Gasteiger partial charge in [-0.05, 0) is 23.2 Å². The topological polar surface area (TPSA) is 61.7 Å². The van der Waals surface area contributed by atoms with Crippen LogP contribution in [0.3, 0.4) is 0 Å². The van der Waals surface area contributed by atoms with Crippen LogP contribution in [0.2, 0.25) is 0 Å². The molecule has 116 valence electrons. The Morgan fingerprint density at radius 3 is 2.33 bits per heavy atom. The zero-order valence-electron chi connectivity index (χ0n) is 14.1. The Kier molecular flexibility index (Phi) is 2.91. The summed E-state index contributed by atoms with van der Waals surface area (Å²) in [4.78, 5) is 4.59. The molecule has 2 aromatic heterocycles. The van der Waals surface area contributed by atoms with Crippen LogP contribution in [-0.4, -0.2) is 19.3 Å². The molecule has 2 heterocycles. The molecule has 21 heavy (non-hydrogen) atoms. The summed E-state index contributed by atoms with van der Waals surface area (Å²) in [7, 11) is 1.99. The SMILES string of the molecule is CCCc1nn(C)c2c1nc(N)n2CC1C(C)(C)C1(C)C. The van der Waals surface area contributed by atoms with E-state index in [2.05, 4.69) is 49.3 Å². The third kappa shape index (κ3) is 1.82. The van der Waals surface area contributed by atoms with Crippen LogP contribution in [0.1, 0.15) is 46.7 Å². The molecule has 0 aromatic carbocycles. The summed E-state index contributed by atoms with van der Waals surface area (Å²) in [5, 5.41) is 4.62. The highest BCUT2D eigenvalue weighted by Gasteiger charge is 2.64. The van der Waals surface area contributed by atoms with Crippen molar-refractivity contribution in [3.05, 3.63) is 5.69 Å². The number of aromatic nitrogens is 4. The number of hydrogen-bond donors (Lipinski definition) is 1. The van der Waals surface area contributed by atoms with E-state index in [1.54, 1.807) is 0 Å². The Bertz CT molecular complexity index is 675. The highest BCUT2D eigenvalue weighted by atomic mass is 15.3. The molecule has 0 unspecified atom stereocenters. The molecular formula is C16H27N5. The summed E-state index contributed by atoms with van der Waals surface area (Å²) in [6, 6.07) is 0. The second-order valence-corrected chi connectivity index (χ2v) is 7.57. The minimum absolute atomic E-state index is 0.348. The molecule has 2 N–H and O–H groups in total. The monoisotopic (exact) mass is 289 g/mol. The molecular weight excluding hydrogens is 262 g/mol. The minimum Gasteiger partial charge on any atom is -0.369 e. The largest absolute Gasteiger partial charge is 0.369 e. The highest BCUT2D eigenvalue weighted by Crippen LogP contribution is 2.69. The maximum absolute atomic E-state index is 6.20. The zero-order valence-corrected chi connectivity index (χ0v) is 14.1. The Labute approximate surface area is 126 Å². The molecule has 0 bridgehead atoms. The van der Waals surface area contributed by atoms with Gasteiger partial charge in [0.15, 0.2) is 5.65 Å². The number of aryl methyl sites for hydroxylation is 2. The van der Waals surface area contributed by atoms with Gasteiger partial charge in [0.2, 0.25) is 5.95 Å². The van der Waals surface area contributed by atoms with Crippen LogP contribution in [0.15, 0.2) is 0 Å². The first-order valence-electron chi connectivity index (χ1n) is 7.89. The molecule has 1 aliphatic carbocycles. The van der Waals surface area contributed by atoms with E-state index >= 15 is 0 Å². The fourth-order valence-corrected chi connectivity index (χ4v) is 3.82. The number of anilines is 1. The normalized spacial score (nSPS) is 20.3. The molecule has 1 saturated carbocycles. The summed E-state index contributed by atoms with van der Waals surface area (Å²) in [6.07, 6.45) is 2.02. The Morgan fingerprint density at radius 2 is 1.81 bits per heavy atom. The summed E-state index contributed by atoms with van der Waals surface area (Å²) < 4.78 is 4.09. The second-order valence-electron chi connectivity index (χ2n) is 7.57. The summed E-state index contributed by atoms with van der Waals surface area (Å²) in [6.45, 7) is 12.5. The number of hydrogen-bond acceptors (Lipinski definition) is 3. The molecule has 2 aromatic rings. The average molecular weight is 289 g/mol. The summed E-state index contributed by atoms with van der Waals surface area (Å²) >= 11 is 0. The highest BCUT2D eigenvalue weighted by molar-refractivity contribution is 5.77. The lowest BCUT2D eigenvalue weighted by Gasteiger charge is -2.08. The van der Waals surface area contributed by atoms with Crippen LogP contribution in [0, 0.1) is 16.7 Å². The van der Waals surface area contributed by atoms with Crippen molar-refractivity contribution in [2.24, 2.45) is 23.8 Å². The molecule has 0 saturated heterocycles. The molecule has 1 aliphatic rings. The summed E-state index contributed by atoms with van der Waals surface area (Å²) in [5.74, 6) is 1.24. The van der Waals surface area contributed by atoms with Gasteiger partial charge < -0.3 is 5.73 Å². The van der Waals surface area contributed by atoms with E-state index in [1.165, 1.54) is 0 Å². The fourth-order valence-electron chi connectivity index (χ4n) is 3.82. The maximum atomic E-state index is 6.20. The molecule has 5 heteroatoms. The van der Waals surface area contributed by atoms with Crippen molar-refractivity contribution in [2.45, 2.75) is 54.0 Å². The van der Waals surface area contributed by atoms with Gasteiger partial charge in [-0.15, -0.1) is 0 Å². The second kappa shape index (κ2) is 4.24. The third-order valence-corrected chi connectivity index (χ3v) is 5.99. The lowest BCUT2D eigenvalue weighted by molar-refractivity contribution is 0.457. The van der Waals surface area contributed by atoms with Gasteiger partial charge in [-0.1, -0.05) is 41.0 Å². The standard InChI is InChI=1S/C16H27N5/c1-7-8-10-12-13(20(6)19-10)21(14(17)18-12)9-11-15(2,3)16(11,4)5/h11H,7-9H2,1-6H3,(H2,17,18). The van der Waals surface area contributed by atoms with Crippen molar-refractivity contribution in [2.75, 3.05) is 5.73 Å². The van der Waals surface area contributed by atoms with Gasteiger partial charge in [0.25, 0.3) is 0 Å². The van der Waals surface area contributed by atoms with Gasteiger partial charge in [-0.3, -0.25) is 9.25 Å². The van der Waals surface area contributed by atoms with Crippen molar-refractivity contribution in [3.63, 3.8) is 0 Å². The van der Waals surface area contributed by atoms with E-state index in [-0.39, 0.29) is 0 Å². The lowest BCUT2D eigenvalue weighted by atomic mass is 10.0.